The third-order valence-electron chi connectivity index (χ3n) is 3.86. The summed E-state index contributed by atoms with van der Waals surface area (Å²) in [6, 6.07) is 8.25. The number of ketones is 1. The van der Waals surface area contributed by atoms with Gasteiger partial charge >= 0.3 is 0 Å². The average Bonchev–Trinajstić information content (AvgIpc) is 2.52. The van der Waals surface area contributed by atoms with Crippen LogP contribution in [-0.4, -0.2) is 21.6 Å². The first-order valence-corrected chi connectivity index (χ1v) is 8.10. The van der Waals surface area contributed by atoms with Crippen LogP contribution in [0.5, 0.6) is 17.2 Å². The van der Waals surface area contributed by atoms with E-state index in [4.69, 9.17) is 16.3 Å². The lowest BCUT2D eigenvalue weighted by Gasteiger charge is -2.29. The molecule has 1 aliphatic heterocycles. The van der Waals surface area contributed by atoms with Crippen molar-refractivity contribution in [2.24, 2.45) is 0 Å². The predicted octanol–water partition coefficient (Wildman–Crippen LogP) is 4.83. The maximum Gasteiger partial charge on any atom is 0.193 e. The zero-order valence-corrected chi connectivity index (χ0v) is 14.5. The van der Waals surface area contributed by atoms with Crippen LogP contribution in [0.3, 0.4) is 0 Å². The van der Waals surface area contributed by atoms with Gasteiger partial charge in [-0.05, 0) is 49.8 Å². The Labute approximate surface area is 150 Å². The van der Waals surface area contributed by atoms with Crippen molar-refractivity contribution in [3.8, 4) is 17.2 Å². The van der Waals surface area contributed by atoms with Crippen molar-refractivity contribution in [3.63, 3.8) is 0 Å². The molecule has 2 N–H and O–H groups in total. The maximum atomic E-state index is 12.7. The Balaban J connectivity index is 2.05. The largest absolute Gasteiger partial charge is 0.507 e. The molecule has 0 aromatic heterocycles. The number of allylic oxidation sites excluding steroid dienone is 1. The molecule has 0 atom stereocenters. The van der Waals surface area contributed by atoms with Crippen LogP contribution in [0.25, 0.3) is 12.2 Å². The monoisotopic (exact) mass is 356 g/mol. The van der Waals surface area contributed by atoms with Gasteiger partial charge in [-0.3, -0.25) is 4.79 Å². The number of phenols is 2. The summed E-state index contributed by atoms with van der Waals surface area (Å²) in [6.45, 7) is 3.64. The number of benzene rings is 2. The van der Waals surface area contributed by atoms with Crippen LogP contribution in [-0.2, 0) is 0 Å². The van der Waals surface area contributed by atoms with Gasteiger partial charge in [0.2, 0.25) is 0 Å². The summed E-state index contributed by atoms with van der Waals surface area (Å²) >= 11 is 6.08. The molecule has 0 aliphatic carbocycles. The number of carbonyl (C=O) groups excluding carboxylic acids is 1. The van der Waals surface area contributed by atoms with E-state index in [0.717, 1.165) is 6.07 Å². The summed E-state index contributed by atoms with van der Waals surface area (Å²) in [5.74, 6) is -0.763. The molecule has 0 fully saturated rings. The first kappa shape index (κ1) is 17.1. The van der Waals surface area contributed by atoms with E-state index >= 15 is 0 Å². The van der Waals surface area contributed by atoms with Crippen molar-refractivity contribution >= 4 is 29.5 Å². The Morgan fingerprint density at radius 1 is 1.20 bits per heavy atom. The highest BCUT2D eigenvalue weighted by molar-refractivity contribution is 6.32. The van der Waals surface area contributed by atoms with Crippen LogP contribution in [0, 0.1) is 0 Å². The number of ether oxygens (including phenoxy) is 1. The molecule has 4 nitrogen and oxygen atoms in total. The van der Waals surface area contributed by atoms with E-state index < -0.39 is 11.4 Å². The lowest BCUT2D eigenvalue weighted by atomic mass is 9.96. The van der Waals surface area contributed by atoms with E-state index in [2.05, 4.69) is 0 Å². The van der Waals surface area contributed by atoms with Crippen molar-refractivity contribution in [2.45, 2.75) is 19.4 Å². The van der Waals surface area contributed by atoms with Crippen LogP contribution >= 0.6 is 11.6 Å². The Hall–Kier alpha value is -2.72. The van der Waals surface area contributed by atoms with Gasteiger partial charge in [-0.15, -0.1) is 0 Å². The number of carbonyl (C=O) groups is 1. The van der Waals surface area contributed by atoms with E-state index in [-0.39, 0.29) is 22.8 Å². The minimum absolute atomic E-state index is 0.00790. The predicted molar refractivity (Wildman–Crippen MR) is 98.3 cm³/mol. The second kappa shape index (κ2) is 6.30. The number of aromatic hydroxyl groups is 2. The molecule has 5 heteroatoms. The minimum Gasteiger partial charge on any atom is -0.507 e. The van der Waals surface area contributed by atoms with E-state index in [9.17, 15) is 15.0 Å². The fourth-order valence-electron chi connectivity index (χ4n) is 2.59. The zero-order valence-electron chi connectivity index (χ0n) is 13.8. The van der Waals surface area contributed by atoms with E-state index in [1.807, 2.05) is 19.9 Å². The topological polar surface area (TPSA) is 66.8 Å². The third kappa shape index (κ3) is 3.39. The summed E-state index contributed by atoms with van der Waals surface area (Å²) in [4.78, 5) is 12.7. The van der Waals surface area contributed by atoms with Crippen LogP contribution in [0.15, 0.2) is 42.5 Å². The fourth-order valence-corrected chi connectivity index (χ4v) is 2.79. The van der Waals surface area contributed by atoms with E-state index in [1.54, 1.807) is 36.4 Å². The molecule has 0 radical (unpaired) electrons. The summed E-state index contributed by atoms with van der Waals surface area (Å²) in [5.41, 5.74) is 0.403. The number of rotatable bonds is 3. The van der Waals surface area contributed by atoms with Gasteiger partial charge in [0, 0.05) is 11.1 Å². The summed E-state index contributed by atoms with van der Waals surface area (Å²) in [5, 5.41) is 20.7. The van der Waals surface area contributed by atoms with Crippen molar-refractivity contribution < 1.29 is 19.7 Å². The highest BCUT2D eigenvalue weighted by atomic mass is 35.5. The molecule has 0 saturated heterocycles. The molecule has 2 aromatic carbocycles. The number of fused-ring (bicyclic) bond motifs is 1. The Morgan fingerprint density at radius 3 is 2.64 bits per heavy atom. The molecule has 0 bridgehead atoms. The average molecular weight is 357 g/mol. The fraction of sp³-hybridized carbons (Fsp3) is 0.150. The molecule has 1 aliphatic rings. The minimum atomic E-state index is -0.658. The maximum absolute atomic E-state index is 12.7. The van der Waals surface area contributed by atoms with Gasteiger partial charge in [0.1, 0.15) is 28.4 Å². The molecule has 0 spiro atoms. The van der Waals surface area contributed by atoms with Gasteiger partial charge in [0.05, 0.1) is 5.56 Å². The second-order valence-electron chi connectivity index (χ2n) is 6.29. The molecular weight excluding hydrogens is 340 g/mol. The highest BCUT2D eigenvalue weighted by Crippen LogP contribution is 2.43. The van der Waals surface area contributed by atoms with Crippen LogP contribution < -0.4 is 4.74 Å². The molecule has 0 amide bonds. The summed E-state index contributed by atoms with van der Waals surface area (Å²) in [7, 11) is 0. The number of hydrogen-bond donors (Lipinski definition) is 2. The summed E-state index contributed by atoms with van der Waals surface area (Å²) < 4.78 is 5.82. The van der Waals surface area contributed by atoms with Crippen LogP contribution in [0.1, 0.15) is 35.3 Å². The van der Waals surface area contributed by atoms with Crippen molar-refractivity contribution in [1.82, 2.24) is 0 Å². The molecule has 25 heavy (non-hydrogen) atoms. The molecule has 3 rings (SSSR count). The van der Waals surface area contributed by atoms with Gasteiger partial charge < -0.3 is 14.9 Å². The SMILES string of the molecule is CC1(C)C=Cc2c(O)cc(O)c(C(=O)/C=C/c3ccccc3Cl)c2O1. The summed E-state index contributed by atoms with van der Waals surface area (Å²) in [6.07, 6.45) is 6.36. The van der Waals surface area contributed by atoms with Crippen LogP contribution in [0.2, 0.25) is 5.02 Å². The lowest BCUT2D eigenvalue weighted by molar-refractivity contribution is 0.103. The molecule has 0 unspecified atom stereocenters. The van der Waals surface area contributed by atoms with Crippen molar-refractivity contribution in [2.75, 3.05) is 0 Å². The second-order valence-corrected chi connectivity index (χ2v) is 6.70. The Kier molecular flexibility index (Phi) is 4.31. The first-order valence-electron chi connectivity index (χ1n) is 7.72. The van der Waals surface area contributed by atoms with Crippen LogP contribution in [0.4, 0.5) is 0 Å². The van der Waals surface area contributed by atoms with Crippen molar-refractivity contribution in [1.29, 1.82) is 0 Å². The van der Waals surface area contributed by atoms with Gasteiger partial charge in [0.25, 0.3) is 0 Å². The molecule has 1 heterocycles. The molecule has 0 saturated carbocycles. The van der Waals surface area contributed by atoms with Crippen molar-refractivity contribution in [3.05, 3.63) is 64.2 Å². The molecule has 2 aromatic rings. The number of phenolic OH excluding ortho intramolecular Hbond substituents is 2. The Bertz CT molecular complexity index is 910. The number of halogens is 1. The van der Waals surface area contributed by atoms with E-state index in [0.29, 0.717) is 16.1 Å². The quantitative estimate of drug-likeness (QED) is 0.610. The standard InChI is InChI=1S/C20H17ClO4/c1-20(2)10-9-13-16(23)11-17(24)18(19(13)25-20)15(22)8-7-12-5-3-4-6-14(12)21/h3-11,23-24H,1-2H3/b8-7+. The Morgan fingerprint density at radius 2 is 1.92 bits per heavy atom. The van der Waals surface area contributed by atoms with Gasteiger partial charge in [-0.1, -0.05) is 29.8 Å². The normalized spacial score (nSPS) is 15.0. The highest BCUT2D eigenvalue weighted by Gasteiger charge is 2.29. The lowest BCUT2D eigenvalue weighted by Crippen LogP contribution is -2.28. The van der Waals surface area contributed by atoms with Gasteiger partial charge in [-0.2, -0.15) is 0 Å². The number of hydrogen-bond acceptors (Lipinski definition) is 4. The van der Waals surface area contributed by atoms with Gasteiger partial charge in [0.15, 0.2) is 5.78 Å². The first-order chi connectivity index (χ1) is 11.8. The smallest absolute Gasteiger partial charge is 0.193 e. The van der Waals surface area contributed by atoms with E-state index in [1.165, 1.54) is 6.08 Å². The third-order valence-corrected chi connectivity index (χ3v) is 4.20. The molecular formula is C20H17ClO4. The van der Waals surface area contributed by atoms with Gasteiger partial charge in [-0.25, -0.2) is 0 Å². The zero-order chi connectivity index (χ0) is 18.2. The molecule has 128 valence electrons.